The average Bonchev–Trinajstić information content (AvgIpc) is 3.14. The van der Waals surface area contributed by atoms with Crippen LogP contribution in [0.5, 0.6) is 5.75 Å². The van der Waals surface area contributed by atoms with E-state index >= 15 is 0 Å². The standard InChI is InChI=1S/C15H14IN3O4S/c1-19-11(6-12(16)18-19)15(22)23-9-4-2-3-8(5-9)13-17-10(7-24-13)14(20)21/h2-6,10,13,17H,7H2,1H3,(H,20,21)/t10-,13-/m0/s1. The molecule has 1 aromatic carbocycles. The van der Waals surface area contributed by atoms with E-state index in [1.807, 2.05) is 28.7 Å². The lowest BCUT2D eigenvalue weighted by atomic mass is 10.2. The number of carbonyl (C=O) groups excluding carboxylic acids is 1. The predicted octanol–water partition coefficient (Wildman–Crippen LogP) is 2.03. The van der Waals surface area contributed by atoms with Gasteiger partial charge in [0.05, 0.1) is 5.37 Å². The largest absolute Gasteiger partial charge is 0.480 e. The molecule has 2 aromatic rings. The number of hydrogen-bond acceptors (Lipinski definition) is 6. The number of benzene rings is 1. The molecular weight excluding hydrogens is 445 g/mol. The monoisotopic (exact) mass is 459 g/mol. The summed E-state index contributed by atoms with van der Waals surface area (Å²) in [4.78, 5) is 23.3. The summed E-state index contributed by atoms with van der Waals surface area (Å²) in [5.74, 6) is -0.439. The third-order valence-corrected chi connectivity index (χ3v) is 5.31. The summed E-state index contributed by atoms with van der Waals surface area (Å²) in [7, 11) is 1.68. The molecule has 24 heavy (non-hydrogen) atoms. The zero-order valence-electron chi connectivity index (χ0n) is 12.6. The maximum absolute atomic E-state index is 12.2. The SMILES string of the molecule is Cn1nc(I)cc1C(=O)Oc1cccc([C@H]2N[C@H](C(=O)O)CS2)c1. The Morgan fingerprint density at radius 3 is 2.88 bits per heavy atom. The Morgan fingerprint density at radius 1 is 1.46 bits per heavy atom. The van der Waals surface area contributed by atoms with Gasteiger partial charge in [0.25, 0.3) is 0 Å². The van der Waals surface area contributed by atoms with Gasteiger partial charge in [0.1, 0.15) is 21.2 Å². The van der Waals surface area contributed by atoms with Gasteiger partial charge in [-0.3, -0.25) is 14.8 Å². The Bertz CT molecular complexity index is 795. The fraction of sp³-hybridized carbons (Fsp3) is 0.267. The number of rotatable bonds is 4. The van der Waals surface area contributed by atoms with E-state index in [-0.39, 0.29) is 5.37 Å². The Morgan fingerprint density at radius 2 is 2.25 bits per heavy atom. The maximum atomic E-state index is 12.2. The summed E-state index contributed by atoms with van der Waals surface area (Å²) in [5.41, 5.74) is 1.23. The van der Waals surface area contributed by atoms with E-state index in [9.17, 15) is 9.59 Å². The maximum Gasteiger partial charge on any atom is 0.362 e. The first-order valence-corrected chi connectivity index (χ1v) is 9.19. The van der Waals surface area contributed by atoms with E-state index in [0.29, 0.717) is 20.9 Å². The zero-order valence-corrected chi connectivity index (χ0v) is 15.6. The first kappa shape index (κ1) is 17.2. The molecule has 7 nitrogen and oxygen atoms in total. The zero-order chi connectivity index (χ0) is 17.3. The van der Waals surface area contributed by atoms with Gasteiger partial charge in [-0.05, 0) is 40.3 Å². The van der Waals surface area contributed by atoms with Crippen LogP contribution in [0, 0.1) is 3.70 Å². The fourth-order valence-corrected chi connectivity index (χ4v) is 4.17. The van der Waals surface area contributed by atoms with Gasteiger partial charge in [0, 0.05) is 18.9 Å². The lowest BCUT2D eigenvalue weighted by molar-refractivity contribution is -0.138. The number of thioether (sulfide) groups is 1. The first-order chi connectivity index (χ1) is 11.4. The molecule has 1 aliphatic heterocycles. The Hall–Kier alpha value is -1.59. The minimum absolute atomic E-state index is 0.137. The topological polar surface area (TPSA) is 93.5 Å². The molecular formula is C15H14IN3O4S. The predicted molar refractivity (Wildman–Crippen MR) is 97.1 cm³/mol. The lowest BCUT2D eigenvalue weighted by Gasteiger charge is -2.12. The van der Waals surface area contributed by atoms with Gasteiger partial charge >= 0.3 is 11.9 Å². The number of aryl methyl sites for hydroxylation is 1. The highest BCUT2D eigenvalue weighted by Crippen LogP contribution is 2.34. The van der Waals surface area contributed by atoms with Crippen molar-refractivity contribution >= 4 is 46.3 Å². The van der Waals surface area contributed by atoms with E-state index in [4.69, 9.17) is 9.84 Å². The summed E-state index contributed by atoms with van der Waals surface area (Å²) in [6, 6.07) is 8.17. The van der Waals surface area contributed by atoms with Crippen LogP contribution in [-0.4, -0.2) is 38.6 Å². The van der Waals surface area contributed by atoms with Crippen LogP contribution in [0.2, 0.25) is 0 Å². The van der Waals surface area contributed by atoms with E-state index in [1.165, 1.54) is 16.4 Å². The first-order valence-electron chi connectivity index (χ1n) is 7.06. The molecule has 2 N–H and O–H groups in total. The number of ether oxygens (including phenoxy) is 1. The second kappa shape index (κ2) is 7.11. The third kappa shape index (κ3) is 3.73. The summed E-state index contributed by atoms with van der Waals surface area (Å²) in [6.45, 7) is 0. The Kier molecular flexibility index (Phi) is 5.11. The quantitative estimate of drug-likeness (QED) is 0.411. The minimum Gasteiger partial charge on any atom is -0.480 e. The molecule has 0 saturated carbocycles. The molecule has 126 valence electrons. The molecule has 1 saturated heterocycles. The van der Waals surface area contributed by atoms with Gasteiger partial charge in [-0.25, -0.2) is 4.79 Å². The van der Waals surface area contributed by atoms with Crippen LogP contribution in [0.3, 0.4) is 0 Å². The van der Waals surface area contributed by atoms with Crippen molar-refractivity contribution in [3.63, 3.8) is 0 Å². The molecule has 0 bridgehead atoms. The third-order valence-electron chi connectivity index (χ3n) is 3.51. The second-order valence-corrected chi connectivity index (χ2v) is 7.45. The van der Waals surface area contributed by atoms with Crippen molar-refractivity contribution in [3.8, 4) is 5.75 Å². The number of aromatic nitrogens is 2. The summed E-state index contributed by atoms with van der Waals surface area (Å²) >= 11 is 3.54. The van der Waals surface area contributed by atoms with Crippen molar-refractivity contribution in [1.29, 1.82) is 0 Å². The molecule has 0 aliphatic carbocycles. The number of carboxylic acid groups (broad SMARTS) is 1. The van der Waals surface area contributed by atoms with Crippen molar-refractivity contribution in [2.75, 3.05) is 5.75 Å². The fourth-order valence-electron chi connectivity index (χ4n) is 2.33. The van der Waals surface area contributed by atoms with Gasteiger partial charge in [-0.15, -0.1) is 11.8 Å². The van der Waals surface area contributed by atoms with Crippen LogP contribution in [0.15, 0.2) is 30.3 Å². The molecule has 0 radical (unpaired) electrons. The molecule has 2 heterocycles. The van der Waals surface area contributed by atoms with E-state index in [0.717, 1.165) is 5.56 Å². The smallest absolute Gasteiger partial charge is 0.362 e. The summed E-state index contributed by atoms with van der Waals surface area (Å²) in [6.07, 6.45) is 0. The number of nitrogens with one attached hydrogen (secondary N) is 1. The molecule has 0 amide bonds. The van der Waals surface area contributed by atoms with E-state index < -0.39 is 18.0 Å². The normalized spacial score (nSPS) is 20.1. The average molecular weight is 459 g/mol. The number of carboxylic acids is 1. The van der Waals surface area contributed by atoms with Gasteiger partial charge < -0.3 is 9.84 Å². The minimum atomic E-state index is -0.863. The number of hydrogen-bond donors (Lipinski definition) is 2. The molecule has 3 rings (SSSR count). The van der Waals surface area contributed by atoms with Gasteiger partial charge in [0.2, 0.25) is 0 Å². The highest BCUT2D eigenvalue weighted by molar-refractivity contribution is 14.1. The van der Waals surface area contributed by atoms with Gasteiger partial charge in [-0.1, -0.05) is 12.1 Å². The number of halogens is 1. The molecule has 0 unspecified atom stereocenters. The number of aliphatic carboxylic acids is 1. The molecule has 1 aliphatic rings. The van der Waals surface area contributed by atoms with Crippen LogP contribution in [0.1, 0.15) is 21.4 Å². The van der Waals surface area contributed by atoms with Gasteiger partial charge in [0.15, 0.2) is 0 Å². The summed E-state index contributed by atoms with van der Waals surface area (Å²) < 4.78 is 7.59. The highest BCUT2D eigenvalue weighted by atomic mass is 127. The van der Waals surface area contributed by atoms with Gasteiger partial charge in [-0.2, -0.15) is 5.10 Å². The number of carbonyl (C=O) groups is 2. The van der Waals surface area contributed by atoms with E-state index in [1.54, 1.807) is 31.3 Å². The molecule has 0 spiro atoms. The van der Waals surface area contributed by atoms with Crippen molar-refractivity contribution in [2.24, 2.45) is 7.05 Å². The molecule has 1 aromatic heterocycles. The highest BCUT2D eigenvalue weighted by Gasteiger charge is 2.30. The van der Waals surface area contributed by atoms with Crippen LogP contribution in [-0.2, 0) is 11.8 Å². The second-order valence-electron chi connectivity index (χ2n) is 5.21. The number of nitrogens with zero attached hydrogens (tertiary/aromatic N) is 2. The lowest BCUT2D eigenvalue weighted by Crippen LogP contribution is -2.33. The van der Waals surface area contributed by atoms with Crippen LogP contribution >= 0.6 is 34.4 Å². The van der Waals surface area contributed by atoms with Crippen molar-refractivity contribution < 1.29 is 19.4 Å². The Labute approximate surface area is 155 Å². The van der Waals surface area contributed by atoms with Crippen LogP contribution in [0.4, 0.5) is 0 Å². The van der Waals surface area contributed by atoms with Crippen molar-refractivity contribution in [2.45, 2.75) is 11.4 Å². The van der Waals surface area contributed by atoms with E-state index in [2.05, 4.69) is 10.4 Å². The molecule has 2 atom stereocenters. The summed E-state index contributed by atoms with van der Waals surface area (Å²) in [5, 5.41) is 16.1. The van der Waals surface area contributed by atoms with Crippen molar-refractivity contribution in [3.05, 3.63) is 45.3 Å². The molecule has 9 heteroatoms. The van der Waals surface area contributed by atoms with Crippen LogP contribution in [0.25, 0.3) is 0 Å². The Balaban J connectivity index is 1.73. The molecule has 1 fully saturated rings. The van der Waals surface area contributed by atoms with Crippen molar-refractivity contribution in [1.82, 2.24) is 15.1 Å². The van der Waals surface area contributed by atoms with Crippen LogP contribution < -0.4 is 10.1 Å². The number of esters is 1.